The van der Waals surface area contributed by atoms with Crippen molar-refractivity contribution >= 4 is 41.3 Å². The molecule has 25 heavy (non-hydrogen) atoms. The summed E-state index contributed by atoms with van der Waals surface area (Å²) < 4.78 is 0. The van der Waals surface area contributed by atoms with Gasteiger partial charge in [0.15, 0.2) is 5.96 Å². The summed E-state index contributed by atoms with van der Waals surface area (Å²) in [5.41, 5.74) is 1.79. The number of nitrogens with zero attached hydrogens (tertiary/aromatic N) is 3. The first kappa shape index (κ1) is 20.9. The number of nitrogens with one attached hydrogen (secondary N) is 1. The maximum Gasteiger partial charge on any atom is 0.193 e. The minimum atomic E-state index is 0. The molecule has 0 unspecified atom stereocenters. The summed E-state index contributed by atoms with van der Waals surface area (Å²) in [5, 5.41) is 7.01. The molecule has 0 aromatic carbocycles. The van der Waals surface area contributed by atoms with Crippen LogP contribution in [-0.2, 0) is 6.42 Å². The van der Waals surface area contributed by atoms with Gasteiger partial charge in [0, 0.05) is 44.4 Å². The summed E-state index contributed by atoms with van der Waals surface area (Å²) in [5.74, 6) is 1.61. The Morgan fingerprint density at radius 1 is 1.32 bits per heavy atom. The zero-order valence-electron chi connectivity index (χ0n) is 15.9. The molecule has 1 saturated carbocycles. The van der Waals surface area contributed by atoms with E-state index in [-0.39, 0.29) is 24.0 Å². The van der Waals surface area contributed by atoms with E-state index in [0.29, 0.717) is 11.3 Å². The average Bonchev–Trinajstić information content (AvgIpc) is 3.20. The van der Waals surface area contributed by atoms with E-state index in [0.717, 1.165) is 25.5 Å². The Morgan fingerprint density at radius 3 is 2.72 bits per heavy atom. The second-order valence-electron chi connectivity index (χ2n) is 7.79. The highest BCUT2D eigenvalue weighted by molar-refractivity contribution is 14.0. The fourth-order valence-corrected chi connectivity index (χ4v) is 5.03. The molecule has 1 aromatic rings. The minimum Gasteiger partial charge on any atom is -0.356 e. The van der Waals surface area contributed by atoms with E-state index in [1.165, 1.54) is 55.8 Å². The van der Waals surface area contributed by atoms with Crippen molar-refractivity contribution in [1.82, 2.24) is 15.2 Å². The van der Waals surface area contributed by atoms with E-state index in [2.05, 4.69) is 34.4 Å². The Hall–Kier alpha value is -0.370. The standard InChI is InChI=1S/C19H32N4S.HI/c1-15(2)17-22-16(13-24-17)7-11-21-18(20-3)23-12-10-19(14-23)8-5-4-6-9-19;/h13,15H,4-12,14H2,1-3H3,(H,20,21);1H. The number of rotatable bonds is 4. The highest BCUT2D eigenvalue weighted by Gasteiger charge is 2.39. The molecule has 2 aliphatic rings. The van der Waals surface area contributed by atoms with Gasteiger partial charge in [-0.05, 0) is 24.7 Å². The molecule has 1 spiro atoms. The maximum absolute atomic E-state index is 4.72. The number of halogens is 1. The zero-order valence-corrected chi connectivity index (χ0v) is 19.0. The first-order chi connectivity index (χ1) is 11.6. The van der Waals surface area contributed by atoms with E-state index in [1.54, 1.807) is 11.3 Å². The topological polar surface area (TPSA) is 40.5 Å². The molecule has 1 saturated heterocycles. The van der Waals surface area contributed by atoms with Gasteiger partial charge in [0.25, 0.3) is 0 Å². The predicted octanol–water partition coefficient (Wildman–Crippen LogP) is 4.66. The molecule has 1 aromatic heterocycles. The van der Waals surface area contributed by atoms with E-state index in [9.17, 15) is 0 Å². The van der Waals surface area contributed by atoms with Gasteiger partial charge in [-0.3, -0.25) is 4.99 Å². The molecular weight excluding hydrogens is 443 g/mol. The lowest BCUT2D eigenvalue weighted by Gasteiger charge is -2.33. The van der Waals surface area contributed by atoms with Crippen LogP contribution in [0.2, 0.25) is 0 Å². The smallest absolute Gasteiger partial charge is 0.193 e. The molecule has 142 valence electrons. The van der Waals surface area contributed by atoms with Crippen molar-refractivity contribution in [3.8, 4) is 0 Å². The Labute approximate surface area is 173 Å². The lowest BCUT2D eigenvalue weighted by atomic mass is 9.73. The van der Waals surface area contributed by atoms with Gasteiger partial charge >= 0.3 is 0 Å². The van der Waals surface area contributed by atoms with Gasteiger partial charge in [0.05, 0.1) is 10.7 Å². The van der Waals surface area contributed by atoms with Crippen molar-refractivity contribution in [3.05, 3.63) is 16.1 Å². The van der Waals surface area contributed by atoms with E-state index >= 15 is 0 Å². The fraction of sp³-hybridized carbons (Fsp3) is 0.789. The Bertz CT molecular complexity index is 564. The van der Waals surface area contributed by atoms with Crippen molar-refractivity contribution in [2.24, 2.45) is 10.4 Å². The average molecular weight is 476 g/mol. The van der Waals surface area contributed by atoms with Crippen LogP contribution >= 0.6 is 35.3 Å². The van der Waals surface area contributed by atoms with Gasteiger partial charge in [-0.1, -0.05) is 33.1 Å². The van der Waals surface area contributed by atoms with Gasteiger partial charge < -0.3 is 10.2 Å². The normalized spacial score (nSPS) is 20.2. The third-order valence-electron chi connectivity index (χ3n) is 5.59. The number of hydrogen-bond acceptors (Lipinski definition) is 3. The lowest BCUT2D eigenvalue weighted by Crippen LogP contribution is -2.42. The van der Waals surface area contributed by atoms with Crippen LogP contribution in [-0.4, -0.2) is 42.5 Å². The molecular formula is C19H33IN4S. The molecule has 0 radical (unpaired) electrons. The van der Waals surface area contributed by atoms with Crippen LogP contribution in [0.25, 0.3) is 0 Å². The minimum absolute atomic E-state index is 0. The van der Waals surface area contributed by atoms with Crippen LogP contribution in [0.15, 0.2) is 10.4 Å². The summed E-state index contributed by atoms with van der Waals surface area (Å²) >= 11 is 1.78. The highest BCUT2D eigenvalue weighted by atomic mass is 127. The number of hydrogen-bond donors (Lipinski definition) is 1. The molecule has 2 heterocycles. The molecule has 0 amide bonds. The molecule has 1 aliphatic carbocycles. The molecule has 6 heteroatoms. The highest BCUT2D eigenvalue weighted by Crippen LogP contribution is 2.43. The van der Waals surface area contributed by atoms with Gasteiger partial charge in [0.2, 0.25) is 0 Å². The van der Waals surface area contributed by atoms with Crippen LogP contribution < -0.4 is 5.32 Å². The summed E-state index contributed by atoms with van der Waals surface area (Å²) in [4.78, 5) is 11.7. The van der Waals surface area contributed by atoms with Crippen LogP contribution in [0.1, 0.15) is 69.0 Å². The Balaban J connectivity index is 0.00000225. The number of likely N-dealkylation sites (tertiary alicyclic amines) is 1. The molecule has 1 aliphatic heterocycles. The van der Waals surface area contributed by atoms with Crippen LogP contribution in [0.5, 0.6) is 0 Å². The molecule has 2 fully saturated rings. The van der Waals surface area contributed by atoms with Crippen molar-refractivity contribution in [1.29, 1.82) is 0 Å². The summed E-state index contributed by atoms with van der Waals surface area (Å²) in [6.45, 7) is 7.68. The zero-order chi connectivity index (χ0) is 17.0. The monoisotopic (exact) mass is 476 g/mol. The van der Waals surface area contributed by atoms with Crippen molar-refractivity contribution in [3.63, 3.8) is 0 Å². The number of aromatic nitrogens is 1. The van der Waals surface area contributed by atoms with Gasteiger partial charge in [-0.25, -0.2) is 4.98 Å². The van der Waals surface area contributed by atoms with Crippen molar-refractivity contribution in [2.45, 2.75) is 64.7 Å². The molecule has 4 nitrogen and oxygen atoms in total. The van der Waals surface area contributed by atoms with E-state index in [1.807, 2.05) is 7.05 Å². The second kappa shape index (κ2) is 9.53. The first-order valence-electron chi connectivity index (χ1n) is 9.52. The van der Waals surface area contributed by atoms with E-state index < -0.39 is 0 Å². The van der Waals surface area contributed by atoms with Gasteiger partial charge in [-0.2, -0.15) is 0 Å². The summed E-state index contributed by atoms with van der Waals surface area (Å²) in [7, 11) is 1.91. The summed E-state index contributed by atoms with van der Waals surface area (Å²) in [6, 6.07) is 0. The SMILES string of the molecule is CN=C(NCCc1csc(C(C)C)n1)N1CCC2(CCCCC2)C1.I. The van der Waals surface area contributed by atoms with Gasteiger partial charge in [0.1, 0.15) is 0 Å². The predicted molar refractivity (Wildman–Crippen MR) is 118 cm³/mol. The Morgan fingerprint density at radius 2 is 2.08 bits per heavy atom. The molecule has 0 bridgehead atoms. The molecule has 1 N–H and O–H groups in total. The van der Waals surface area contributed by atoms with Crippen molar-refractivity contribution < 1.29 is 0 Å². The van der Waals surface area contributed by atoms with Crippen LogP contribution in [0, 0.1) is 5.41 Å². The van der Waals surface area contributed by atoms with Crippen LogP contribution in [0.4, 0.5) is 0 Å². The number of aliphatic imine (C=N–C) groups is 1. The first-order valence-corrected chi connectivity index (χ1v) is 10.4. The molecule has 0 atom stereocenters. The second-order valence-corrected chi connectivity index (χ2v) is 8.68. The maximum atomic E-state index is 4.72. The lowest BCUT2D eigenvalue weighted by molar-refractivity contribution is 0.203. The number of thiazole rings is 1. The largest absolute Gasteiger partial charge is 0.356 e. The third kappa shape index (κ3) is 5.31. The number of guanidine groups is 1. The third-order valence-corrected chi connectivity index (χ3v) is 6.79. The Kier molecular flexibility index (Phi) is 7.98. The van der Waals surface area contributed by atoms with E-state index in [4.69, 9.17) is 4.98 Å². The van der Waals surface area contributed by atoms with Crippen molar-refractivity contribution in [2.75, 3.05) is 26.7 Å². The quantitative estimate of drug-likeness (QED) is 0.391. The van der Waals surface area contributed by atoms with Crippen LogP contribution in [0.3, 0.4) is 0 Å². The summed E-state index contributed by atoms with van der Waals surface area (Å²) in [6.07, 6.45) is 9.41. The fourth-order valence-electron chi connectivity index (χ4n) is 4.16. The van der Waals surface area contributed by atoms with Gasteiger partial charge in [-0.15, -0.1) is 35.3 Å². The molecule has 3 rings (SSSR count).